The normalized spacial score (nSPS) is 13.1. The summed E-state index contributed by atoms with van der Waals surface area (Å²) < 4.78 is 2.61. The molecule has 1 N–H and O–H groups in total. The van der Waals surface area contributed by atoms with Crippen LogP contribution in [0.2, 0.25) is 0 Å². The maximum Gasteiger partial charge on any atom is 0.257 e. The van der Waals surface area contributed by atoms with Gasteiger partial charge in [-0.2, -0.15) is 0 Å². The van der Waals surface area contributed by atoms with Gasteiger partial charge >= 0.3 is 0 Å². The Morgan fingerprint density at radius 1 is 0.422 bits per heavy atom. The summed E-state index contributed by atoms with van der Waals surface area (Å²) in [4.78, 5) is 3.73. The van der Waals surface area contributed by atoms with Crippen molar-refractivity contribution in [2.24, 2.45) is 0 Å². The number of hydrogen-bond acceptors (Lipinski definition) is 0. The predicted molar refractivity (Wildman–Crippen MR) is 202 cm³/mol. The maximum atomic E-state index is 3.73. The van der Waals surface area contributed by atoms with Crippen LogP contribution in [0, 0.1) is 0 Å². The van der Waals surface area contributed by atoms with Crippen LogP contribution in [-0.2, 0) is 0 Å². The highest BCUT2D eigenvalue weighted by molar-refractivity contribution is 4.90. The first-order chi connectivity index (χ1) is 22.2. The van der Waals surface area contributed by atoms with E-state index in [1.807, 2.05) is 0 Å². The number of nitrogens with one attached hydrogen (secondary N) is 1. The predicted octanol–water partition coefficient (Wildman–Crippen LogP) is 15.3. The van der Waals surface area contributed by atoms with E-state index in [2.05, 4.69) is 49.6 Å². The Morgan fingerprint density at radius 3 is 1.07 bits per heavy atom. The number of rotatable bonds is 36. The molecule has 2 nitrogen and oxygen atoms in total. The standard InChI is InChI=1S/C43H84N2/c1-5-8-11-13-15-17-19-21-23-25-27-29-31-33-35-38-42(43-44-39-40-45(43)41(4)36-10-7-3)37-34-32-30-28-26-24-22-20-18-16-14-12-9-6-2/h39-42H,5-38H2,1-4H3/p+1. The number of unbranched alkanes of at least 4 members (excludes halogenated alkanes) is 28. The molecule has 0 aliphatic carbocycles. The van der Waals surface area contributed by atoms with Gasteiger partial charge in [-0.15, -0.1) is 0 Å². The Morgan fingerprint density at radius 2 is 0.733 bits per heavy atom. The quantitative estimate of drug-likeness (QED) is 0.0563. The second-order valence-corrected chi connectivity index (χ2v) is 15.1. The van der Waals surface area contributed by atoms with Gasteiger partial charge in [0, 0.05) is 0 Å². The topological polar surface area (TPSA) is 19.7 Å². The van der Waals surface area contributed by atoms with E-state index in [1.165, 1.54) is 224 Å². The zero-order valence-corrected chi connectivity index (χ0v) is 31.8. The maximum absolute atomic E-state index is 3.73. The molecule has 1 aromatic rings. The molecule has 0 spiro atoms. The van der Waals surface area contributed by atoms with E-state index in [9.17, 15) is 0 Å². The minimum absolute atomic E-state index is 0.617. The lowest BCUT2D eigenvalue weighted by atomic mass is 9.92. The zero-order valence-electron chi connectivity index (χ0n) is 31.8. The summed E-state index contributed by atoms with van der Waals surface area (Å²) in [5, 5.41) is 0. The lowest BCUT2D eigenvalue weighted by molar-refractivity contribution is -0.727. The summed E-state index contributed by atoms with van der Waals surface area (Å²) in [6.45, 7) is 9.38. The number of imidazole rings is 1. The largest absolute Gasteiger partial charge is 0.257 e. The third-order valence-corrected chi connectivity index (χ3v) is 10.6. The molecule has 0 radical (unpaired) electrons. The average molecular weight is 630 g/mol. The van der Waals surface area contributed by atoms with Crippen molar-refractivity contribution in [3.05, 3.63) is 18.2 Å². The number of nitrogens with zero attached hydrogens (tertiary/aromatic N) is 1. The number of aromatic amines is 1. The average Bonchev–Trinajstić information content (AvgIpc) is 3.54. The first kappa shape index (κ1) is 42.2. The summed E-state index contributed by atoms with van der Waals surface area (Å²) >= 11 is 0. The van der Waals surface area contributed by atoms with Gasteiger partial charge in [0.2, 0.25) is 0 Å². The minimum atomic E-state index is 0.617. The van der Waals surface area contributed by atoms with Crippen molar-refractivity contribution in [1.82, 2.24) is 4.98 Å². The van der Waals surface area contributed by atoms with E-state index >= 15 is 0 Å². The Hall–Kier alpha value is -0.790. The molecule has 0 amide bonds. The molecule has 1 rings (SSSR count). The fraction of sp³-hybridized carbons (Fsp3) is 0.930. The molecular formula is C43H85N2+. The van der Waals surface area contributed by atoms with Gasteiger partial charge in [-0.3, -0.25) is 0 Å². The fourth-order valence-corrected chi connectivity index (χ4v) is 7.47. The van der Waals surface area contributed by atoms with Gasteiger partial charge in [0.25, 0.3) is 5.82 Å². The van der Waals surface area contributed by atoms with Crippen molar-refractivity contribution in [2.75, 3.05) is 0 Å². The highest BCUT2D eigenvalue weighted by atomic mass is 15.1. The van der Waals surface area contributed by atoms with Crippen LogP contribution in [0.4, 0.5) is 0 Å². The van der Waals surface area contributed by atoms with Crippen molar-refractivity contribution >= 4 is 0 Å². The van der Waals surface area contributed by atoms with Crippen molar-refractivity contribution in [3.63, 3.8) is 0 Å². The van der Waals surface area contributed by atoms with Gasteiger partial charge in [0.1, 0.15) is 12.4 Å². The van der Waals surface area contributed by atoms with Crippen LogP contribution >= 0.6 is 0 Å². The molecule has 2 heteroatoms. The molecule has 2 unspecified atom stereocenters. The summed E-state index contributed by atoms with van der Waals surface area (Å²) in [5.41, 5.74) is 0. The van der Waals surface area contributed by atoms with Crippen LogP contribution in [-0.4, -0.2) is 4.98 Å². The van der Waals surface area contributed by atoms with E-state index in [4.69, 9.17) is 0 Å². The van der Waals surface area contributed by atoms with Gasteiger partial charge in [-0.1, -0.05) is 213 Å². The molecule has 0 saturated heterocycles. The Bertz CT molecular complexity index is 694. The van der Waals surface area contributed by atoms with Crippen molar-refractivity contribution < 1.29 is 4.57 Å². The molecule has 266 valence electrons. The molecule has 1 heterocycles. The van der Waals surface area contributed by atoms with Crippen LogP contribution in [0.25, 0.3) is 0 Å². The fourth-order valence-electron chi connectivity index (χ4n) is 7.47. The van der Waals surface area contributed by atoms with E-state index < -0.39 is 0 Å². The number of aromatic nitrogens is 2. The number of hydrogen-bond donors (Lipinski definition) is 1. The van der Waals surface area contributed by atoms with Crippen molar-refractivity contribution in [1.29, 1.82) is 0 Å². The minimum Gasteiger partial charge on any atom is -0.247 e. The molecule has 0 fully saturated rings. The monoisotopic (exact) mass is 630 g/mol. The SMILES string of the molecule is CCCCCCCCCCCCCCCCCC(CCCCCCCCCCCCCCCC)c1[nH]cc[n+]1C(C)CCCC. The first-order valence-corrected chi connectivity index (χ1v) is 21.3. The van der Waals surface area contributed by atoms with Gasteiger partial charge in [0.15, 0.2) is 0 Å². The lowest BCUT2D eigenvalue weighted by Crippen LogP contribution is -2.41. The van der Waals surface area contributed by atoms with Gasteiger partial charge in [-0.25, -0.2) is 9.55 Å². The molecule has 45 heavy (non-hydrogen) atoms. The van der Waals surface area contributed by atoms with Crippen LogP contribution in [0.15, 0.2) is 12.4 Å². The molecule has 2 atom stereocenters. The number of H-pyrrole nitrogens is 1. The van der Waals surface area contributed by atoms with Crippen molar-refractivity contribution in [3.8, 4) is 0 Å². The van der Waals surface area contributed by atoms with E-state index in [0.717, 1.165) is 0 Å². The second-order valence-electron chi connectivity index (χ2n) is 15.1. The lowest BCUT2D eigenvalue weighted by Gasteiger charge is -2.17. The third-order valence-electron chi connectivity index (χ3n) is 10.6. The molecule has 0 aliphatic rings. The van der Waals surface area contributed by atoms with E-state index in [-0.39, 0.29) is 0 Å². The summed E-state index contributed by atoms with van der Waals surface area (Å²) in [6.07, 6.45) is 53.3. The summed E-state index contributed by atoms with van der Waals surface area (Å²) in [7, 11) is 0. The Labute approximate surface area is 285 Å². The molecule has 0 aliphatic heterocycles. The molecule has 1 aromatic heterocycles. The van der Waals surface area contributed by atoms with Gasteiger partial charge < -0.3 is 0 Å². The Balaban J connectivity index is 2.24. The molecular weight excluding hydrogens is 544 g/mol. The van der Waals surface area contributed by atoms with Crippen molar-refractivity contribution in [2.45, 2.75) is 258 Å². The molecule has 0 bridgehead atoms. The highest BCUT2D eigenvalue weighted by Crippen LogP contribution is 2.27. The van der Waals surface area contributed by atoms with Crippen LogP contribution in [0.1, 0.15) is 264 Å². The highest BCUT2D eigenvalue weighted by Gasteiger charge is 2.25. The van der Waals surface area contributed by atoms with E-state index in [1.54, 1.807) is 0 Å². The molecule has 0 aromatic carbocycles. The zero-order chi connectivity index (χ0) is 32.5. The van der Waals surface area contributed by atoms with Crippen LogP contribution in [0.3, 0.4) is 0 Å². The Kier molecular flexibility index (Phi) is 31.1. The van der Waals surface area contributed by atoms with Crippen LogP contribution in [0.5, 0.6) is 0 Å². The van der Waals surface area contributed by atoms with Crippen LogP contribution < -0.4 is 4.57 Å². The summed E-state index contributed by atoms with van der Waals surface area (Å²) in [6, 6.07) is 0.617. The van der Waals surface area contributed by atoms with E-state index in [0.29, 0.717) is 12.0 Å². The first-order valence-electron chi connectivity index (χ1n) is 21.3. The smallest absolute Gasteiger partial charge is 0.247 e. The van der Waals surface area contributed by atoms with Gasteiger partial charge in [0.05, 0.1) is 12.0 Å². The molecule has 0 saturated carbocycles. The second kappa shape index (κ2) is 33.1. The summed E-state index contributed by atoms with van der Waals surface area (Å²) in [5.74, 6) is 2.24. The third kappa shape index (κ3) is 25.0. The van der Waals surface area contributed by atoms with Gasteiger partial charge in [-0.05, 0) is 32.6 Å².